The molecule has 1 unspecified atom stereocenters. The quantitative estimate of drug-likeness (QED) is 0.530. The van der Waals surface area contributed by atoms with Crippen molar-refractivity contribution in [1.82, 2.24) is 15.5 Å². The molecule has 138 valence electrons. The zero-order valence-electron chi connectivity index (χ0n) is 15.4. The van der Waals surface area contributed by atoms with E-state index in [0.29, 0.717) is 13.0 Å². The molecule has 0 spiro atoms. The Morgan fingerprint density at radius 2 is 2.12 bits per heavy atom. The van der Waals surface area contributed by atoms with Crippen LogP contribution >= 0.6 is 0 Å². The van der Waals surface area contributed by atoms with E-state index in [9.17, 15) is 4.79 Å². The lowest BCUT2D eigenvalue weighted by Gasteiger charge is -2.20. The predicted octanol–water partition coefficient (Wildman–Crippen LogP) is 0.535. The molecule has 0 bridgehead atoms. The van der Waals surface area contributed by atoms with Crippen molar-refractivity contribution in [1.29, 1.82) is 0 Å². The molecule has 0 radical (unpaired) electrons. The van der Waals surface area contributed by atoms with Crippen molar-refractivity contribution in [2.75, 3.05) is 58.9 Å². The highest BCUT2D eigenvalue weighted by Gasteiger charge is 2.30. The van der Waals surface area contributed by atoms with Gasteiger partial charge in [0.1, 0.15) is 0 Å². The van der Waals surface area contributed by atoms with E-state index in [4.69, 9.17) is 4.74 Å². The number of aliphatic imine (C=N–C) groups is 1. The van der Waals surface area contributed by atoms with E-state index in [-0.39, 0.29) is 11.9 Å². The summed E-state index contributed by atoms with van der Waals surface area (Å²) in [6.45, 7) is 3.94. The molecule has 1 atom stereocenters. The topological polar surface area (TPSA) is 69.2 Å². The normalized spacial score (nSPS) is 18.1. The molecule has 7 nitrogen and oxygen atoms in total. The third-order valence-electron chi connectivity index (χ3n) is 4.22. The summed E-state index contributed by atoms with van der Waals surface area (Å²) in [6.07, 6.45) is 0.476. The van der Waals surface area contributed by atoms with Gasteiger partial charge in [0.05, 0.1) is 12.6 Å². The first-order valence-electron chi connectivity index (χ1n) is 8.64. The van der Waals surface area contributed by atoms with Crippen molar-refractivity contribution in [3.63, 3.8) is 0 Å². The number of benzene rings is 1. The molecular formula is C18H29N5O2. The van der Waals surface area contributed by atoms with Gasteiger partial charge in [-0.25, -0.2) is 0 Å². The van der Waals surface area contributed by atoms with E-state index < -0.39 is 0 Å². The number of amides is 1. The molecule has 0 aromatic heterocycles. The molecule has 7 heteroatoms. The number of carbonyl (C=O) groups excluding carboxylic acids is 1. The van der Waals surface area contributed by atoms with Crippen LogP contribution in [0.2, 0.25) is 0 Å². The van der Waals surface area contributed by atoms with Gasteiger partial charge in [-0.05, 0) is 19.2 Å². The minimum absolute atomic E-state index is 0.0603. The zero-order chi connectivity index (χ0) is 18.1. The molecule has 25 heavy (non-hydrogen) atoms. The maximum absolute atomic E-state index is 12.3. The number of likely N-dealkylation sites (N-methyl/N-ethyl adjacent to an activating group) is 1. The number of guanidine groups is 1. The van der Waals surface area contributed by atoms with Gasteiger partial charge in [-0.1, -0.05) is 18.2 Å². The summed E-state index contributed by atoms with van der Waals surface area (Å²) >= 11 is 0. The Labute approximate surface area is 150 Å². The predicted molar refractivity (Wildman–Crippen MR) is 101 cm³/mol. The molecule has 0 saturated carbocycles. The van der Waals surface area contributed by atoms with E-state index >= 15 is 0 Å². The van der Waals surface area contributed by atoms with Crippen LogP contribution in [0.15, 0.2) is 35.3 Å². The second-order valence-corrected chi connectivity index (χ2v) is 6.18. The second-order valence-electron chi connectivity index (χ2n) is 6.18. The lowest BCUT2D eigenvalue weighted by Crippen LogP contribution is -2.46. The van der Waals surface area contributed by atoms with Crippen molar-refractivity contribution in [3.8, 4) is 0 Å². The first-order chi connectivity index (χ1) is 12.1. The Morgan fingerprint density at radius 3 is 2.80 bits per heavy atom. The molecule has 1 aromatic carbocycles. The fraction of sp³-hybridized carbons (Fsp3) is 0.556. The Kier molecular flexibility index (Phi) is 7.69. The molecule has 1 aliphatic heterocycles. The van der Waals surface area contributed by atoms with Crippen LogP contribution in [0.25, 0.3) is 0 Å². The van der Waals surface area contributed by atoms with Crippen LogP contribution in [0.1, 0.15) is 6.42 Å². The summed E-state index contributed by atoms with van der Waals surface area (Å²) in [7, 11) is 5.51. The highest BCUT2D eigenvalue weighted by atomic mass is 16.5. The average molecular weight is 347 g/mol. The number of methoxy groups -OCH3 is 1. The Hall–Kier alpha value is -2.12. The van der Waals surface area contributed by atoms with Crippen LogP contribution in [0.3, 0.4) is 0 Å². The van der Waals surface area contributed by atoms with Gasteiger partial charge in [0.25, 0.3) is 0 Å². The Bertz CT molecular complexity index is 564. The summed E-state index contributed by atoms with van der Waals surface area (Å²) in [5.41, 5.74) is 0.944. The highest BCUT2D eigenvalue weighted by Crippen LogP contribution is 2.20. The summed E-state index contributed by atoms with van der Waals surface area (Å²) in [4.78, 5) is 20.5. The summed E-state index contributed by atoms with van der Waals surface area (Å²) < 4.78 is 5.07. The van der Waals surface area contributed by atoms with Gasteiger partial charge in [-0.15, -0.1) is 0 Å². The largest absolute Gasteiger partial charge is 0.383 e. The number of ether oxygens (including phenoxy) is 1. The Morgan fingerprint density at radius 1 is 1.36 bits per heavy atom. The number of carbonyl (C=O) groups is 1. The molecule has 1 saturated heterocycles. The van der Waals surface area contributed by atoms with Crippen molar-refractivity contribution in [2.45, 2.75) is 12.5 Å². The summed E-state index contributed by atoms with van der Waals surface area (Å²) in [5, 5.41) is 6.65. The minimum atomic E-state index is 0.0603. The van der Waals surface area contributed by atoms with Crippen LogP contribution in [0.4, 0.5) is 5.69 Å². The standard InChI is InChI=1S/C18H29N5O2/c1-19-18(20-9-10-22(2)11-12-25-3)21-15-13-17(24)23(14-15)16-7-5-4-6-8-16/h4-8,15H,9-14H2,1-3H3,(H2,19,20,21). The Balaban J connectivity index is 1.77. The fourth-order valence-electron chi connectivity index (χ4n) is 2.77. The number of nitrogens with zero attached hydrogens (tertiary/aromatic N) is 3. The smallest absolute Gasteiger partial charge is 0.229 e. The monoisotopic (exact) mass is 347 g/mol. The van der Waals surface area contributed by atoms with Gasteiger partial charge < -0.3 is 25.2 Å². The average Bonchev–Trinajstić information content (AvgIpc) is 3.00. The van der Waals surface area contributed by atoms with Gasteiger partial charge >= 0.3 is 0 Å². The molecule has 1 amide bonds. The van der Waals surface area contributed by atoms with Gasteiger partial charge in [-0.3, -0.25) is 9.79 Å². The zero-order valence-corrected chi connectivity index (χ0v) is 15.4. The molecular weight excluding hydrogens is 318 g/mol. The van der Waals surface area contributed by atoms with E-state index in [1.165, 1.54) is 0 Å². The van der Waals surface area contributed by atoms with Crippen molar-refractivity contribution in [3.05, 3.63) is 30.3 Å². The number of nitrogens with one attached hydrogen (secondary N) is 2. The number of hydrogen-bond donors (Lipinski definition) is 2. The lowest BCUT2D eigenvalue weighted by molar-refractivity contribution is -0.117. The van der Waals surface area contributed by atoms with Crippen LogP contribution in [-0.4, -0.2) is 76.8 Å². The van der Waals surface area contributed by atoms with Crippen molar-refractivity contribution < 1.29 is 9.53 Å². The molecule has 2 rings (SSSR count). The van der Waals surface area contributed by atoms with E-state index in [0.717, 1.165) is 37.9 Å². The minimum Gasteiger partial charge on any atom is -0.383 e. The SMILES string of the molecule is CN=C(NCCN(C)CCOC)NC1CC(=O)N(c2ccccc2)C1. The first kappa shape index (κ1) is 19.2. The fourth-order valence-corrected chi connectivity index (χ4v) is 2.77. The van der Waals surface area contributed by atoms with Gasteiger partial charge in [0.2, 0.25) is 5.91 Å². The molecule has 1 aliphatic rings. The first-order valence-corrected chi connectivity index (χ1v) is 8.64. The summed E-state index contributed by atoms with van der Waals surface area (Å²) in [5.74, 6) is 0.867. The van der Waals surface area contributed by atoms with Crippen LogP contribution in [0.5, 0.6) is 0 Å². The number of para-hydroxylation sites is 1. The van der Waals surface area contributed by atoms with Gasteiger partial charge in [0.15, 0.2) is 5.96 Å². The summed E-state index contributed by atoms with van der Waals surface area (Å²) in [6, 6.07) is 9.83. The van der Waals surface area contributed by atoms with Crippen molar-refractivity contribution in [2.24, 2.45) is 4.99 Å². The third-order valence-corrected chi connectivity index (χ3v) is 4.22. The van der Waals surface area contributed by atoms with Crippen LogP contribution < -0.4 is 15.5 Å². The number of anilines is 1. The third kappa shape index (κ3) is 6.03. The van der Waals surface area contributed by atoms with Gasteiger partial charge in [0, 0.05) is 52.4 Å². The highest BCUT2D eigenvalue weighted by molar-refractivity contribution is 5.97. The van der Waals surface area contributed by atoms with Crippen LogP contribution in [-0.2, 0) is 9.53 Å². The van der Waals surface area contributed by atoms with Gasteiger partial charge in [-0.2, -0.15) is 0 Å². The van der Waals surface area contributed by atoms with E-state index in [2.05, 4.69) is 27.6 Å². The lowest BCUT2D eigenvalue weighted by atomic mass is 10.2. The van der Waals surface area contributed by atoms with Crippen LogP contribution in [0, 0.1) is 0 Å². The molecule has 0 aliphatic carbocycles. The van der Waals surface area contributed by atoms with E-state index in [1.54, 1.807) is 14.2 Å². The molecule has 1 aromatic rings. The maximum atomic E-state index is 12.3. The number of hydrogen-bond acceptors (Lipinski definition) is 4. The molecule has 2 N–H and O–H groups in total. The number of rotatable bonds is 8. The second kappa shape index (κ2) is 10.0. The molecule has 1 fully saturated rings. The molecule has 1 heterocycles. The maximum Gasteiger partial charge on any atom is 0.229 e. The van der Waals surface area contributed by atoms with Crippen molar-refractivity contribution >= 4 is 17.6 Å². The van der Waals surface area contributed by atoms with E-state index in [1.807, 2.05) is 35.2 Å².